The van der Waals surface area contributed by atoms with Gasteiger partial charge in [-0.1, -0.05) is 30.3 Å². The summed E-state index contributed by atoms with van der Waals surface area (Å²) in [4.78, 5) is 53.5. The number of aromatic nitrogens is 1. The van der Waals surface area contributed by atoms with Crippen molar-refractivity contribution in [3.63, 3.8) is 0 Å². The van der Waals surface area contributed by atoms with Crippen LogP contribution in [0.5, 0.6) is 0 Å². The minimum absolute atomic E-state index is 0.0690. The Kier molecular flexibility index (Phi) is 11.3. The number of carbonyl (C=O) groups excluding carboxylic acids is 2. The van der Waals surface area contributed by atoms with Crippen LogP contribution in [-0.4, -0.2) is 69.9 Å². The van der Waals surface area contributed by atoms with Crippen LogP contribution in [0.15, 0.2) is 79.1 Å². The second-order valence-corrected chi connectivity index (χ2v) is 9.42. The molecule has 210 valence electrons. The number of nitrogens with two attached hydrogens (primary N) is 1. The highest BCUT2D eigenvalue weighted by atomic mass is 16.4. The Labute approximate surface area is 233 Å². The van der Waals surface area contributed by atoms with Crippen LogP contribution in [0.1, 0.15) is 46.4 Å². The van der Waals surface area contributed by atoms with E-state index in [0.29, 0.717) is 17.8 Å². The second-order valence-electron chi connectivity index (χ2n) is 9.42. The van der Waals surface area contributed by atoms with E-state index in [0.717, 1.165) is 43.7 Å². The normalized spacial score (nSPS) is 13.5. The number of piperidine rings is 1. The number of rotatable bonds is 10. The van der Waals surface area contributed by atoms with Crippen LogP contribution >= 0.6 is 0 Å². The van der Waals surface area contributed by atoms with Gasteiger partial charge in [0, 0.05) is 42.0 Å². The van der Waals surface area contributed by atoms with Gasteiger partial charge in [-0.15, -0.1) is 0 Å². The number of anilines is 2. The fourth-order valence-electron chi connectivity index (χ4n) is 4.36. The van der Waals surface area contributed by atoms with Crippen molar-refractivity contribution in [1.29, 1.82) is 0 Å². The maximum absolute atomic E-state index is 13.2. The number of hydrogen-bond donors (Lipinski definition) is 3. The summed E-state index contributed by atoms with van der Waals surface area (Å²) < 4.78 is 0. The van der Waals surface area contributed by atoms with Crippen molar-refractivity contribution in [3.05, 3.63) is 90.3 Å². The summed E-state index contributed by atoms with van der Waals surface area (Å²) in [6.07, 6.45) is 4.49. The fourth-order valence-corrected chi connectivity index (χ4v) is 4.36. The minimum atomic E-state index is -1.08. The van der Waals surface area contributed by atoms with Gasteiger partial charge in [-0.3, -0.25) is 24.2 Å². The van der Waals surface area contributed by atoms with E-state index in [9.17, 15) is 19.2 Å². The number of carboxylic acid groups (broad SMARTS) is 2. The number of likely N-dealkylation sites (tertiary alicyclic amines) is 1. The van der Waals surface area contributed by atoms with Gasteiger partial charge in [0.05, 0.1) is 24.7 Å². The molecule has 1 aliphatic heterocycles. The van der Waals surface area contributed by atoms with Crippen molar-refractivity contribution >= 4 is 35.0 Å². The molecule has 4 rings (SSSR count). The number of pyridine rings is 1. The second kappa shape index (κ2) is 15.1. The first-order valence-electron chi connectivity index (χ1n) is 13.1. The number of hydrogen-bond acceptors (Lipinski definition) is 7. The maximum Gasteiger partial charge on any atom is 0.303 e. The van der Waals surface area contributed by atoms with Gasteiger partial charge in [-0.2, -0.15) is 0 Å². The van der Waals surface area contributed by atoms with Gasteiger partial charge in [-0.05, 0) is 62.3 Å². The fraction of sp³-hybridized carbons (Fsp3) is 0.300. The molecule has 0 spiro atoms. The van der Waals surface area contributed by atoms with Gasteiger partial charge >= 0.3 is 11.9 Å². The van der Waals surface area contributed by atoms with E-state index >= 15 is 0 Å². The molecule has 0 saturated carbocycles. The number of Topliss-reactive ketones (excluding diaryl/α,β-unsaturated/α-hetero) is 1. The van der Waals surface area contributed by atoms with Gasteiger partial charge in [0.15, 0.2) is 5.78 Å². The SMILES string of the molecule is Nc1ccc(C(=O)N(CCN2CCC(C(=O)c3ccccc3)CC2)c2cccnc2)cc1.O=C(O)CCC(=O)O. The summed E-state index contributed by atoms with van der Waals surface area (Å²) in [6.45, 7) is 2.98. The average molecular weight is 547 g/mol. The van der Waals surface area contributed by atoms with E-state index in [-0.39, 0.29) is 30.4 Å². The Balaban J connectivity index is 0.000000482. The van der Waals surface area contributed by atoms with E-state index in [2.05, 4.69) is 9.88 Å². The molecule has 0 atom stereocenters. The Bertz CT molecular complexity index is 1250. The van der Waals surface area contributed by atoms with Crippen molar-refractivity contribution < 1.29 is 29.4 Å². The average Bonchev–Trinajstić information content (AvgIpc) is 2.98. The van der Waals surface area contributed by atoms with Gasteiger partial charge in [0.2, 0.25) is 0 Å². The standard InChI is InChI=1S/C26H28N4O2.C4H6O4/c27-23-10-8-22(9-11-23)26(32)30(24-7-4-14-28-19-24)18-17-29-15-12-21(13-16-29)25(31)20-5-2-1-3-6-20;5-3(6)1-2-4(7)8/h1-11,14,19,21H,12-13,15-18,27H2;1-2H2,(H,5,6)(H,7,8). The Hall–Kier alpha value is -4.57. The zero-order chi connectivity index (χ0) is 28.9. The molecule has 1 aliphatic rings. The topological polar surface area (TPSA) is 154 Å². The molecule has 0 aliphatic carbocycles. The third kappa shape index (κ3) is 9.32. The smallest absolute Gasteiger partial charge is 0.303 e. The molecule has 4 N–H and O–H groups in total. The number of benzene rings is 2. The number of amides is 1. The lowest BCUT2D eigenvalue weighted by molar-refractivity contribution is -0.143. The Morgan fingerprint density at radius 1 is 0.850 bits per heavy atom. The summed E-state index contributed by atoms with van der Waals surface area (Å²) in [6, 6.07) is 20.2. The predicted molar refractivity (Wildman–Crippen MR) is 151 cm³/mol. The third-order valence-electron chi connectivity index (χ3n) is 6.57. The summed E-state index contributed by atoms with van der Waals surface area (Å²) in [5, 5.41) is 15.8. The number of nitrogens with zero attached hydrogens (tertiary/aromatic N) is 3. The molecule has 3 aromatic rings. The lowest BCUT2D eigenvalue weighted by Gasteiger charge is -2.33. The molecule has 0 bridgehead atoms. The number of nitrogen functional groups attached to an aromatic ring is 1. The van der Waals surface area contributed by atoms with Crippen LogP contribution in [0.4, 0.5) is 11.4 Å². The quantitative estimate of drug-likeness (QED) is 0.254. The number of carboxylic acids is 2. The maximum atomic E-state index is 13.2. The molecule has 1 fully saturated rings. The molecule has 10 heteroatoms. The van der Waals surface area contributed by atoms with Gasteiger partial charge in [0.1, 0.15) is 0 Å². The molecule has 40 heavy (non-hydrogen) atoms. The van der Waals surface area contributed by atoms with Crippen LogP contribution < -0.4 is 10.6 Å². The molecule has 2 aromatic carbocycles. The van der Waals surface area contributed by atoms with Gasteiger partial charge in [-0.25, -0.2) is 0 Å². The molecular weight excluding hydrogens is 512 g/mol. The number of ketones is 1. The molecule has 0 radical (unpaired) electrons. The van der Waals surface area contributed by atoms with Crippen LogP contribution in [0.3, 0.4) is 0 Å². The molecule has 1 saturated heterocycles. The van der Waals surface area contributed by atoms with Crippen LogP contribution in [-0.2, 0) is 9.59 Å². The molecule has 0 unspecified atom stereocenters. The van der Waals surface area contributed by atoms with E-state index < -0.39 is 11.9 Å². The lowest BCUT2D eigenvalue weighted by atomic mass is 9.89. The number of aliphatic carboxylic acids is 2. The van der Waals surface area contributed by atoms with Gasteiger partial charge in [0.25, 0.3) is 5.91 Å². The first-order chi connectivity index (χ1) is 19.2. The molecule has 10 nitrogen and oxygen atoms in total. The third-order valence-corrected chi connectivity index (χ3v) is 6.57. The van der Waals surface area contributed by atoms with E-state index in [1.54, 1.807) is 41.6 Å². The first kappa shape index (κ1) is 30.0. The van der Waals surface area contributed by atoms with Crippen molar-refractivity contribution in [2.75, 3.05) is 36.8 Å². The summed E-state index contributed by atoms with van der Waals surface area (Å²) >= 11 is 0. The van der Waals surface area contributed by atoms with Crippen LogP contribution in [0.25, 0.3) is 0 Å². The van der Waals surface area contributed by atoms with E-state index in [4.69, 9.17) is 15.9 Å². The van der Waals surface area contributed by atoms with Crippen LogP contribution in [0, 0.1) is 5.92 Å². The van der Waals surface area contributed by atoms with Crippen molar-refractivity contribution in [2.45, 2.75) is 25.7 Å². The summed E-state index contributed by atoms with van der Waals surface area (Å²) in [5.41, 5.74) is 8.56. The molecule has 1 amide bonds. The predicted octanol–water partition coefficient (Wildman–Crippen LogP) is 3.84. The van der Waals surface area contributed by atoms with E-state index in [1.807, 2.05) is 42.5 Å². The highest BCUT2D eigenvalue weighted by Gasteiger charge is 2.26. The Morgan fingerprint density at radius 2 is 1.48 bits per heavy atom. The largest absolute Gasteiger partial charge is 0.481 e. The van der Waals surface area contributed by atoms with Crippen molar-refractivity contribution in [2.24, 2.45) is 5.92 Å². The number of carbonyl (C=O) groups is 4. The van der Waals surface area contributed by atoms with Crippen molar-refractivity contribution in [1.82, 2.24) is 9.88 Å². The zero-order valence-electron chi connectivity index (χ0n) is 22.2. The molecular formula is C30H34N4O6. The van der Waals surface area contributed by atoms with E-state index in [1.165, 1.54) is 0 Å². The molecule has 2 heterocycles. The monoisotopic (exact) mass is 546 g/mol. The lowest BCUT2D eigenvalue weighted by Crippen LogP contribution is -2.43. The van der Waals surface area contributed by atoms with Crippen molar-refractivity contribution in [3.8, 4) is 0 Å². The minimum Gasteiger partial charge on any atom is -0.481 e. The zero-order valence-corrected chi connectivity index (χ0v) is 22.2. The van der Waals surface area contributed by atoms with Gasteiger partial charge < -0.3 is 25.7 Å². The highest BCUT2D eigenvalue weighted by molar-refractivity contribution is 6.06. The Morgan fingerprint density at radius 3 is 2.02 bits per heavy atom. The highest BCUT2D eigenvalue weighted by Crippen LogP contribution is 2.23. The summed E-state index contributed by atoms with van der Waals surface area (Å²) in [5.74, 6) is -1.92. The summed E-state index contributed by atoms with van der Waals surface area (Å²) in [7, 11) is 0. The molecule has 1 aromatic heterocycles. The van der Waals surface area contributed by atoms with Crippen LogP contribution in [0.2, 0.25) is 0 Å². The first-order valence-corrected chi connectivity index (χ1v) is 13.1.